The maximum Gasteiger partial charge on any atom is 0.245 e. The minimum atomic E-state index is -0.469. The van der Waals surface area contributed by atoms with Gasteiger partial charge in [-0.25, -0.2) is 9.97 Å². The van der Waals surface area contributed by atoms with E-state index in [2.05, 4.69) is 4.98 Å². The molecular formula is C24H28N4O3. The van der Waals surface area contributed by atoms with E-state index in [1.54, 1.807) is 4.90 Å². The second-order valence-corrected chi connectivity index (χ2v) is 8.72. The second-order valence-electron chi connectivity index (χ2n) is 8.72. The number of hydrogen-bond donors (Lipinski definition) is 0. The number of piperidine rings is 1. The van der Waals surface area contributed by atoms with Crippen molar-refractivity contribution in [3.05, 3.63) is 47.8 Å². The lowest BCUT2D eigenvalue weighted by Crippen LogP contribution is -2.53. The highest BCUT2D eigenvalue weighted by Gasteiger charge is 2.44. The monoisotopic (exact) mass is 420 g/mol. The number of nitrogens with zero attached hydrogens (tertiary/aromatic N) is 4. The topological polar surface area (TPSA) is 75.6 Å². The molecular weight excluding hydrogens is 392 g/mol. The quantitative estimate of drug-likeness (QED) is 0.763. The zero-order valence-corrected chi connectivity index (χ0v) is 17.9. The molecule has 162 valence electrons. The van der Waals surface area contributed by atoms with E-state index in [9.17, 15) is 9.59 Å². The van der Waals surface area contributed by atoms with Crippen LogP contribution in [0.3, 0.4) is 0 Å². The summed E-state index contributed by atoms with van der Waals surface area (Å²) in [4.78, 5) is 38.2. The number of amides is 2. The van der Waals surface area contributed by atoms with Gasteiger partial charge in [0.25, 0.3) is 0 Å². The molecule has 2 saturated heterocycles. The average molecular weight is 421 g/mol. The minimum absolute atomic E-state index is 0.0359. The summed E-state index contributed by atoms with van der Waals surface area (Å²) in [5, 5.41) is 0. The molecule has 1 atom stereocenters. The molecule has 0 saturated carbocycles. The van der Waals surface area contributed by atoms with E-state index < -0.39 is 11.6 Å². The Morgan fingerprint density at radius 3 is 2.61 bits per heavy atom. The van der Waals surface area contributed by atoms with Crippen LogP contribution in [0.15, 0.2) is 36.5 Å². The summed E-state index contributed by atoms with van der Waals surface area (Å²) in [6.07, 6.45) is 5.55. The predicted molar refractivity (Wildman–Crippen MR) is 115 cm³/mol. The van der Waals surface area contributed by atoms with Gasteiger partial charge >= 0.3 is 0 Å². The Bertz CT molecular complexity index is 986. The molecule has 1 aromatic carbocycles. The zero-order chi connectivity index (χ0) is 21.4. The average Bonchev–Trinajstić information content (AvgIpc) is 3.25. The zero-order valence-electron chi connectivity index (χ0n) is 17.9. The molecule has 0 radical (unpaired) electrons. The van der Waals surface area contributed by atoms with Crippen molar-refractivity contribution in [2.75, 3.05) is 26.2 Å². The lowest BCUT2D eigenvalue weighted by atomic mass is 9.83. The highest BCUT2D eigenvalue weighted by molar-refractivity contribution is 5.88. The molecule has 3 aliphatic heterocycles. The van der Waals surface area contributed by atoms with E-state index in [1.165, 1.54) is 0 Å². The van der Waals surface area contributed by atoms with Gasteiger partial charge in [-0.3, -0.25) is 9.59 Å². The SMILES string of the molecule is CC(C(=O)N1CCC2(CC1)OCCc1cnc(-c3ccccc3)nc12)N1CCCC1=O. The van der Waals surface area contributed by atoms with Crippen LogP contribution < -0.4 is 0 Å². The van der Waals surface area contributed by atoms with E-state index in [-0.39, 0.29) is 11.8 Å². The van der Waals surface area contributed by atoms with Crippen LogP contribution in [0, 0.1) is 0 Å². The van der Waals surface area contributed by atoms with Gasteiger partial charge in [0, 0.05) is 37.8 Å². The predicted octanol–water partition coefficient (Wildman–Crippen LogP) is 2.54. The Labute approximate surface area is 182 Å². The van der Waals surface area contributed by atoms with Crippen LogP contribution >= 0.6 is 0 Å². The number of carbonyl (C=O) groups is 2. The normalized spacial score (nSPS) is 21.3. The molecule has 3 aliphatic rings. The van der Waals surface area contributed by atoms with Gasteiger partial charge in [-0.2, -0.15) is 0 Å². The Morgan fingerprint density at radius 1 is 1.13 bits per heavy atom. The molecule has 1 aromatic heterocycles. The molecule has 0 aliphatic carbocycles. The standard InChI is InChI=1S/C24H28N4O3/c1-17(28-12-5-8-20(28)29)23(30)27-13-10-24(11-14-27)21-19(9-15-31-24)16-25-22(26-21)18-6-3-2-4-7-18/h2-4,6-7,16-17H,5,8-15H2,1H3. The van der Waals surface area contributed by atoms with E-state index in [0.29, 0.717) is 51.3 Å². The molecule has 1 unspecified atom stereocenters. The minimum Gasteiger partial charge on any atom is -0.368 e. The van der Waals surface area contributed by atoms with Gasteiger partial charge in [0.05, 0.1) is 12.3 Å². The van der Waals surface area contributed by atoms with E-state index in [1.807, 2.05) is 48.4 Å². The largest absolute Gasteiger partial charge is 0.368 e. The summed E-state index contributed by atoms with van der Waals surface area (Å²) in [6.45, 7) is 4.39. The van der Waals surface area contributed by atoms with E-state index >= 15 is 0 Å². The first-order valence-electron chi connectivity index (χ1n) is 11.2. The van der Waals surface area contributed by atoms with E-state index in [0.717, 1.165) is 29.7 Å². The molecule has 31 heavy (non-hydrogen) atoms. The van der Waals surface area contributed by atoms with Gasteiger partial charge in [0.2, 0.25) is 11.8 Å². The fourth-order valence-corrected chi connectivity index (χ4v) is 5.08. The summed E-state index contributed by atoms with van der Waals surface area (Å²) in [6, 6.07) is 9.59. The third-order valence-electron chi connectivity index (χ3n) is 6.90. The number of fused-ring (bicyclic) bond motifs is 2. The third kappa shape index (κ3) is 3.61. The Hall–Kier alpha value is -2.80. The van der Waals surface area contributed by atoms with Crippen LogP contribution in [-0.4, -0.2) is 63.9 Å². The van der Waals surface area contributed by atoms with E-state index in [4.69, 9.17) is 9.72 Å². The number of benzene rings is 1. The van der Waals surface area contributed by atoms with Gasteiger partial charge in [-0.15, -0.1) is 0 Å². The van der Waals surface area contributed by atoms with Crippen molar-refractivity contribution in [1.82, 2.24) is 19.8 Å². The number of carbonyl (C=O) groups excluding carboxylic acids is 2. The number of hydrogen-bond acceptors (Lipinski definition) is 5. The summed E-state index contributed by atoms with van der Waals surface area (Å²) >= 11 is 0. The van der Waals surface area contributed by atoms with Crippen molar-refractivity contribution in [2.24, 2.45) is 0 Å². The Balaban J connectivity index is 1.35. The molecule has 2 aromatic rings. The van der Waals surface area contributed by atoms with Gasteiger partial charge in [-0.1, -0.05) is 30.3 Å². The summed E-state index contributed by atoms with van der Waals surface area (Å²) < 4.78 is 6.34. The van der Waals surface area contributed by atoms with Gasteiger partial charge in [0.1, 0.15) is 11.6 Å². The molecule has 1 spiro atoms. The first-order chi connectivity index (χ1) is 15.1. The summed E-state index contributed by atoms with van der Waals surface area (Å²) in [5.41, 5.74) is 2.63. The number of aromatic nitrogens is 2. The fourth-order valence-electron chi connectivity index (χ4n) is 5.08. The molecule has 4 heterocycles. The molecule has 2 amide bonds. The molecule has 0 bridgehead atoms. The Morgan fingerprint density at radius 2 is 1.90 bits per heavy atom. The van der Waals surface area contributed by atoms with Crippen molar-refractivity contribution in [3.63, 3.8) is 0 Å². The first kappa shape index (κ1) is 20.1. The van der Waals surface area contributed by atoms with Gasteiger partial charge < -0.3 is 14.5 Å². The number of ether oxygens (including phenoxy) is 1. The van der Waals surface area contributed by atoms with Crippen LogP contribution in [0.25, 0.3) is 11.4 Å². The molecule has 5 rings (SSSR count). The van der Waals surface area contributed by atoms with Crippen LogP contribution in [0.5, 0.6) is 0 Å². The smallest absolute Gasteiger partial charge is 0.245 e. The van der Waals surface area contributed by atoms with Crippen molar-refractivity contribution in [3.8, 4) is 11.4 Å². The van der Waals surface area contributed by atoms with Crippen molar-refractivity contribution in [1.29, 1.82) is 0 Å². The van der Waals surface area contributed by atoms with Crippen molar-refractivity contribution in [2.45, 2.75) is 50.7 Å². The maximum atomic E-state index is 13.1. The third-order valence-corrected chi connectivity index (χ3v) is 6.90. The van der Waals surface area contributed by atoms with Crippen molar-refractivity contribution < 1.29 is 14.3 Å². The highest BCUT2D eigenvalue weighted by atomic mass is 16.5. The molecule has 2 fully saturated rings. The lowest BCUT2D eigenvalue weighted by molar-refractivity contribution is -0.149. The molecule has 0 N–H and O–H groups in total. The van der Waals surface area contributed by atoms with Crippen LogP contribution in [0.1, 0.15) is 43.9 Å². The Kier molecular flexibility index (Phi) is 5.22. The number of likely N-dealkylation sites (tertiary alicyclic amines) is 2. The van der Waals surface area contributed by atoms with Crippen LogP contribution in [0.2, 0.25) is 0 Å². The lowest BCUT2D eigenvalue weighted by Gasteiger charge is -2.44. The fraction of sp³-hybridized carbons (Fsp3) is 0.500. The van der Waals surface area contributed by atoms with Crippen LogP contribution in [0.4, 0.5) is 0 Å². The van der Waals surface area contributed by atoms with Gasteiger partial charge in [-0.05, 0) is 38.2 Å². The van der Waals surface area contributed by atoms with Gasteiger partial charge in [0.15, 0.2) is 5.82 Å². The van der Waals surface area contributed by atoms with Crippen LogP contribution in [-0.2, 0) is 26.3 Å². The molecule has 7 heteroatoms. The molecule has 7 nitrogen and oxygen atoms in total. The van der Waals surface area contributed by atoms with Crippen molar-refractivity contribution >= 4 is 11.8 Å². The maximum absolute atomic E-state index is 13.1. The second kappa shape index (κ2) is 8.04. The number of rotatable bonds is 3. The highest BCUT2D eigenvalue weighted by Crippen LogP contribution is 2.41. The first-order valence-corrected chi connectivity index (χ1v) is 11.2. The summed E-state index contributed by atoms with van der Waals surface area (Å²) in [7, 11) is 0. The summed E-state index contributed by atoms with van der Waals surface area (Å²) in [5.74, 6) is 0.835.